The highest BCUT2D eigenvalue weighted by Crippen LogP contribution is 2.28. The van der Waals surface area contributed by atoms with E-state index < -0.39 is 0 Å². The Kier molecular flexibility index (Phi) is 4.67. The smallest absolute Gasteiger partial charge is 0.243 e. The number of Topliss-reactive ketones (excluding diaryl/α,β-unsaturated/α-hetero) is 1. The molecular weight excluding hydrogens is 228 g/mol. The van der Waals surface area contributed by atoms with Crippen molar-refractivity contribution >= 4 is 5.78 Å². The van der Waals surface area contributed by atoms with Gasteiger partial charge in [0.15, 0.2) is 11.5 Å². The molecule has 0 bridgehead atoms. The molecule has 0 aromatic carbocycles. The molecular formula is C14H20N2O2. The zero-order valence-corrected chi connectivity index (χ0v) is 10.9. The summed E-state index contributed by atoms with van der Waals surface area (Å²) in [4.78, 5) is 20.2. The summed E-state index contributed by atoms with van der Waals surface area (Å²) >= 11 is 0. The topological polar surface area (TPSA) is 52.1 Å². The van der Waals surface area contributed by atoms with Gasteiger partial charge in [-0.15, -0.1) is 0 Å². The third-order valence-corrected chi connectivity index (χ3v) is 3.63. The Morgan fingerprint density at radius 1 is 1.28 bits per heavy atom. The standard InChI is InChI=1S/C14H20N2O2/c1-18-14-13(15-9-10-16-14)12(17)8-7-11-5-3-2-4-6-11/h9-11H,2-8H2,1H3. The molecule has 0 N–H and O–H groups in total. The lowest BCUT2D eigenvalue weighted by Crippen LogP contribution is -2.11. The lowest BCUT2D eigenvalue weighted by Gasteiger charge is -2.20. The molecule has 0 saturated heterocycles. The fraction of sp³-hybridized carbons (Fsp3) is 0.643. The molecule has 0 amide bonds. The average Bonchev–Trinajstić information content (AvgIpc) is 2.45. The van der Waals surface area contributed by atoms with Crippen molar-refractivity contribution in [1.29, 1.82) is 0 Å². The second kappa shape index (κ2) is 6.47. The van der Waals surface area contributed by atoms with Crippen LogP contribution in [0.15, 0.2) is 12.4 Å². The Morgan fingerprint density at radius 2 is 2.00 bits per heavy atom. The summed E-state index contributed by atoms with van der Waals surface area (Å²) in [5, 5.41) is 0. The van der Waals surface area contributed by atoms with E-state index in [0.717, 1.165) is 6.42 Å². The third-order valence-electron chi connectivity index (χ3n) is 3.63. The predicted molar refractivity (Wildman–Crippen MR) is 68.7 cm³/mol. The molecule has 98 valence electrons. The summed E-state index contributed by atoms with van der Waals surface area (Å²) in [6.07, 6.45) is 11.1. The van der Waals surface area contributed by atoms with E-state index in [2.05, 4.69) is 9.97 Å². The average molecular weight is 248 g/mol. The number of hydrogen-bond acceptors (Lipinski definition) is 4. The highest BCUT2D eigenvalue weighted by molar-refractivity contribution is 5.96. The van der Waals surface area contributed by atoms with Gasteiger partial charge in [0.2, 0.25) is 5.88 Å². The molecule has 1 aliphatic carbocycles. The predicted octanol–water partition coefficient (Wildman–Crippen LogP) is 3.03. The van der Waals surface area contributed by atoms with Gasteiger partial charge in [-0.1, -0.05) is 32.1 Å². The Bertz CT molecular complexity index is 401. The number of hydrogen-bond donors (Lipinski definition) is 0. The Labute approximate surface area is 108 Å². The number of ketones is 1. The molecule has 4 heteroatoms. The second-order valence-corrected chi connectivity index (χ2v) is 4.88. The summed E-state index contributed by atoms with van der Waals surface area (Å²) in [7, 11) is 1.52. The van der Waals surface area contributed by atoms with Gasteiger partial charge in [-0.2, -0.15) is 0 Å². The minimum atomic E-state index is 0.0468. The van der Waals surface area contributed by atoms with Crippen LogP contribution in [0.3, 0.4) is 0 Å². The Morgan fingerprint density at radius 3 is 2.72 bits per heavy atom. The number of nitrogens with zero attached hydrogens (tertiary/aromatic N) is 2. The normalized spacial score (nSPS) is 16.5. The van der Waals surface area contributed by atoms with Crippen LogP contribution in [-0.4, -0.2) is 22.9 Å². The fourth-order valence-electron chi connectivity index (χ4n) is 2.60. The van der Waals surface area contributed by atoms with Gasteiger partial charge in [0.25, 0.3) is 0 Å². The molecule has 0 radical (unpaired) electrons. The molecule has 1 heterocycles. The van der Waals surface area contributed by atoms with Crippen molar-refractivity contribution in [2.45, 2.75) is 44.9 Å². The molecule has 0 aliphatic heterocycles. The molecule has 1 aromatic heterocycles. The summed E-state index contributed by atoms with van der Waals surface area (Å²) in [5.74, 6) is 1.10. The molecule has 18 heavy (non-hydrogen) atoms. The molecule has 0 atom stereocenters. The first-order valence-corrected chi connectivity index (χ1v) is 6.69. The number of carbonyl (C=O) groups is 1. The number of aromatic nitrogens is 2. The molecule has 0 unspecified atom stereocenters. The second-order valence-electron chi connectivity index (χ2n) is 4.88. The van der Waals surface area contributed by atoms with Crippen molar-refractivity contribution in [3.05, 3.63) is 18.1 Å². The fourth-order valence-corrected chi connectivity index (χ4v) is 2.60. The van der Waals surface area contributed by atoms with Gasteiger partial charge < -0.3 is 4.74 Å². The summed E-state index contributed by atoms with van der Waals surface area (Å²) < 4.78 is 5.06. The van der Waals surface area contributed by atoms with Crippen LogP contribution in [0.5, 0.6) is 5.88 Å². The van der Waals surface area contributed by atoms with E-state index in [1.54, 1.807) is 0 Å². The van der Waals surface area contributed by atoms with Crippen LogP contribution in [0.1, 0.15) is 55.4 Å². The molecule has 1 fully saturated rings. The maximum Gasteiger partial charge on any atom is 0.243 e. The quantitative estimate of drug-likeness (QED) is 0.751. The minimum Gasteiger partial charge on any atom is -0.479 e. The zero-order chi connectivity index (χ0) is 12.8. The number of methoxy groups -OCH3 is 1. The summed E-state index contributed by atoms with van der Waals surface area (Å²) in [6, 6.07) is 0. The van der Waals surface area contributed by atoms with Crippen molar-refractivity contribution < 1.29 is 9.53 Å². The maximum atomic E-state index is 12.1. The van der Waals surface area contributed by atoms with E-state index in [0.29, 0.717) is 23.9 Å². The van der Waals surface area contributed by atoms with E-state index in [1.165, 1.54) is 51.6 Å². The van der Waals surface area contributed by atoms with Crippen LogP contribution in [-0.2, 0) is 0 Å². The summed E-state index contributed by atoms with van der Waals surface area (Å²) in [5.41, 5.74) is 0.371. The van der Waals surface area contributed by atoms with Crippen molar-refractivity contribution in [2.24, 2.45) is 5.92 Å². The largest absolute Gasteiger partial charge is 0.479 e. The summed E-state index contributed by atoms with van der Waals surface area (Å²) in [6.45, 7) is 0. The van der Waals surface area contributed by atoms with Gasteiger partial charge in [0.05, 0.1) is 7.11 Å². The highest BCUT2D eigenvalue weighted by Gasteiger charge is 2.18. The van der Waals surface area contributed by atoms with Crippen molar-refractivity contribution in [3.8, 4) is 5.88 Å². The first-order chi connectivity index (χ1) is 8.81. The zero-order valence-electron chi connectivity index (χ0n) is 10.9. The highest BCUT2D eigenvalue weighted by atomic mass is 16.5. The lowest BCUT2D eigenvalue weighted by molar-refractivity contribution is 0.0961. The van der Waals surface area contributed by atoms with E-state index in [9.17, 15) is 4.79 Å². The molecule has 1 saturated carbocycles. The van der Waals surface area contributed by atoms with Crippen LogP contribution in [0.4, 0.5) is 0 Å². The van der Waals surface area contributed by atoms with Crippen LogP contribution in [0.2, 0.25) is 0 Å². The monoisotopic (exact) mass is 248 g/mol. The van der Waals surface area contributed by atoms with E-state index in [1.807, 2.05) is 0 Å². The Balaban J connectivity index is 1.90. The van der Waals surface area contributed by atoms with E-state index >= 15 is 0 Å². The van der Waals surface area contributed by atoms with Gasteiger partial charge in [0, 0.05) is 18.8 Å². The first kappa shape index (κ1) is 13.0. The van der Waals surface area contributed by atoms with E-state index in [-0.39, 0.29) is 5.78 Å². The van der Waals surface area contributed by atoms with Gasteiger partial charge in [-0.25, -0.2) is 9.97 Å². The van der Waals surface area contributed by atoms with Crippen molar-refractivity contribution in [1.82, 2.24) is 9.97 Å². The van der Waals surface area contributed by atoms with E-state index in [4.69, 9.17) is 4.74 Å². The molecule has 1 aliphatic rings. The first-order valence-electron chi connectivity index (χ1n) is 6.69. The molecule has 1 aromatic rings. The number of rotatable bonds is 5. The van der Waals surface area contributed by atoms with Gasteiger partial charge in [-0.3, -0.25) is 4.79 Å². The van der Waals surface area contributed by atoms with Gasteiger partial charge in [-0.05, 0) is 12.3 Å². The van der Waals surface area contributed by atoms with Crippen molar-refractivity contribution in [3.63, 3.8) is 0 Å². The van der Waals surface area contributed by atoms with Crippen molar-refractivity contribution in [2.75, 3.05) is 7.11 Å². The molecule has 0 spiro atoms. The Hall–Kier alpha value is -1.45. The van der Waals surface area contributed by atoms with Crippen LogP contribution in [0.25, 0.3) is 0 Å². The SMILES string of the molecule is COc1nccnc1C(=O)CCC1CCCCC1. The lowest BCUT2D eigenvalue weighted by atomic mass is 9.85. The molecule has 2 rings (SSSR count). The molecule has 4 nitrogen and oxygen atoms in total. The van der Waals surface area contributed by atoms with Gasteiger partial charge >= 0.3 is 0 Å². The van der Waals surface area contributed by atoms with Crippen LogP contribution in [0, 0.1) is 5.92 Å². The minimum absolute atomic E-state index is 0.0468. The third kappa shape index (κ3) is 3.28. The number of carbonyl (C=O) groups excluding carboxylic acids is 1. The number of ether oxygens (including phenoxy) is 1. The maximum absolute atomic E-state index is 12.1. The van der Waals surface area contributed by atoms with Crippen LogP contribution < -0.4 is 4.74 Å². The van der Waals surface area contributed by atoms with Gasteiger partial charge in [0.1, 0.15) is 0 Å². The van der Waals surface area contributed by atoms with Crippen LogP contribution >= 0.6 is 0 Å².